The Hall–Kier alpha value is -3.86. The largest absolute Gasteiger partial charge is 0.497 e. The number of carbonyl (C=O) groups excluding carboxylic acids is 2. The first-order valence-corrected chi connectivity index (χ1v) is 10.1. The van der Waals surface area contributed by atoms with E-state index in [1.165, 1.54) is 0 Å². The van der Waals surface area contributed by atoms with Crippen molar-refractivity contribution >= 4 is 23.1 Å². The number of Topliss-reactive ketones (excluding diaryl/α,β-unsaturated/α-hetero) is 1. The quantitative estimate of drug-likeness (QED) is 0.526. The van der Waals surface area contributed by atoms with Crippen molar-refractivity contribution in [2.24, 2.45) is 0 Å². The fourth-order valence-electron chi connectivity index (χ4n) is 3.80. The summed E-state index contributed by atoms with van der Waals surface area (Å²) < 4.78 is 10.8. The van der Waals surface area contributed by atoms with E-state index in [-0.39, 0.29) is 18.1 Å². The fraction of sp³-hybridized carbons (Fsp3) is 0.154. The van der Waals surface area contributed by atoms with E-state index < -0.39 is 0 Å². The van der Waals surface area contributed by atoms with Gasteiger partial charge in [-0.2, -0.15) is 0 Å². The van der Waals surface area contributed by atoms with Gasteiger partial charge in [0.15, 0.2) is 5.78 Å². The van der Waals surface area contributed by atoms with Gasteiger partial charge in [0.2, 0.25) is 5.91 Å². The molecule has 1 heterocycles. The number of nitrogens with zero attached hydrogens (tertiary/aromatic N) is 1. The lowest BCUT2D eigenvalue weighted by atomic mass is 9.90. The molecule has 1 amide bonds. The Morgan fingerprint density at radius 3 is 1.97 bits per heavy atom. The van der Waals surface area contributed by atoms with Gasteiger partial charge in [0.05, 0.1) is 25.6 Å². The van der Waals surface area contributed by atoms with Gasteiger partial charge in [0.1, 0.15) is 11.5 Å². The summed E-state index contributed by atoms with van der Waals surface area (Å²) in [4.78, 5) is 28.3. The Morgan fingerprint density at radius 2 is 1.39 bits per heavy atom. The Morgan fingerprint density at radius 1 is 0.806 bits per heavy atom. The van der Waals surface area contributed by atoms with Crippen LogP contribution in [0.5, 0.6) is 11.5 Å². The summed E-state index contributed by atoms with van der Waals surface area (Å²) in [5.41, 5.74) is 3.21. The second kappa shape index (κ2) is 8.88. The molecule has 1 aliphatic heterocycles. The minimum atomic E-state index is -0.0845. The molecule has 0 aromatic heterocycles. The van der Waals surface area contributed by atoms with Gasteiger partial charge in [-0.3, -0.25) is 14.5 Å². The van der Waals surface area contributed by atoms with Crippen molar-refractivity contribution in [3.8, 4) is 11.5 Å². The number of methoxy groups -OCH3 is 2. The molecule has 4 rings (SSSR count). The highest BCUT2D eigenvalue weighted by Gasteiger charge is 2.33. The van der Waals surface area contributed by atoms with Crippen LogP contribution in [0.2, 0.25) is 0 Å². The van der Waals surface area contributed by atoms with Crippen LogP contribution in [0.25, 0.3) is 5.70 Å². The van der Waals surface area contributed by atoms with Crippen molar-refractivity contribution in [2.75, 3.05) is 19.1 Å². The van der Waals surface area contributed by atoms with E-state index in [4.69, 9.17) is 9.47 Å². The maximum absolute atomic E-state index is 13.5. The summed E-state index contributed by atoms with van der Waals surface area (Å²) in [5, 5.41) is 0. The van der Waals surface area contributed by atoms with Crippen LogP contribution in [-0.2, 0) is 4.79 Å². The van der Waals surface area contributed by atoms with Crippen molar-refractivity contribution in [2.45, 2.75) is 12.8 Å². The van der Waals surface area contributed by atoms with E-state index in [2.05, 4.69) is 0 Å². The molecule has 0 radical (unpaired) electrons. The van der Waals surface area contributed by atoms with Gasteiger partial charge in [0.25, 0.3) is 0 Å². The highest BCUT2D eigenvalue weighted by molar-refractivity contribution is 6.20. The van der Waals surface area contributed by atoms with E-state index in [1.54, 1.807) is 49.5 Å². The number of carbonyl (C=O) groups is 2. The van der Waals surface area contributed by atoms with Gasteiger partial charge < -0.3 is 9.47 Å². The van der Waals surface area contributed by atoms with Crippen LogP contribution < -0.4 is 14.4 Å². The smallest absolute Gasteiger partial charge is 0.231 e. The number of ether oxygens (including phenoxy) is 2. The van der Waals surface area contributed by atoms with E-state index >= 15 is 0 Å². The van der Waals surface area contributed by atoms with E-state index in [9.17, 15) is 9.59 Å². The summed E-state index contributed by atoms with van der Waals surface area (Å²) >= 11 is 0. The topological polar surface area (TPSA) is 55.8 Å². The predicted octanol–water partition coefficient (Wildman–Crippen LogP) is 5.12. The zero-order valence-electron chi connectivity index (χ0n) is 17.5. The van der Waals surface area contributed by atoms with Gasteiger partial charge in [0, 0.05) is 35.8 Å². The molecular formula is C26H23NO4. The first-order valence-electron chi connectivity index (χ1n) is 10.1. The van der Waals surface area contributed by atoms with E-state index in [0.717, 1.165) is 5.56 Å². The molecule has 0 unspecified atom stereocenters. The summed E-state index contributed by atoms with van der Waals surface area (Å²) in [6.07, 6.45) is 0.623. The molecular weight excluding hydrogens is 390 g/mol. The SMILES string of the molecule is COc1cc(OC)cc(N2C(=O)CCC(C(=O)c3ccccc3)=C2c2ccccc2)c1. The number of hydrogen-bond acceptors (Lipinski definition) is 4. The molecule has 156 valence electrons. The number of hydrogen-bond donors (Lipinski definition) is 0. The molecule has 0 spiro atoms. The second-order valence-corrected chi connectivity index (χ2v) is 7.19. The van der Waals surface area contributed by atoms with Crippen LogP contribution in [0.1, 0.15) is 28.8 Å². The standard InChI is InChI=1S/C26H23NO4/c1-30-21-15-20(16-22(17-21)31-2)27-24(28)14-13-23(25(27)18-9-5-3-6-10-18)26(29)19-11-7-4-8-12-19/h3-12,15-17H,13-14H2,1-2H3. The summed E-state index contributed by atoms with van der Waals surface area (Å²) in [5.74, 6) is 0.970. The molecule has 1 aliphatic rings. The number of amides is 1. The van der Waals surface area contributed by atoms with Crippen molar-refractivity contribution in [1.82, 2.24) is 0 Å². The molecule has 5 nitrogen and oxygen atoms in total. The Balaban J connectivity index is 1.95. The van der Waals surface area contributed by atoms with Crippen LogP contribution in [0.3, 0.4) is 0 Å². The summed E-state index contributed by atoms with van der Waals surface area (Å²) in [6, 6.07) is 24.0. The normalized spacial score (nSPS) is 13.9. The Bertz CT molecular complexity index is 1110. The fourth-order valence-corrected chi connectivity index (χ4v) is 3.80. The van der Waals surface area contributed by atoms with Gasteiger partial charge in [-0.05, 0) is 12.0 Å². The lowest BCUT2D eigenvalue weighted by molar-refractivity contribution is -0.118. The second-order valence-electron chi connectivity index (χ2n) is 7.19. The lowest BCUT2D eigenvalue weighted by Crippen LogP contribution is -2.35. The molecule has 0 aliphatic carbocycles. The van der Waals surface area contributed by atoms with Gasteiger partial charge >= 0.3 is 0 Å². The van der Waals surface area contributed by atoms with Gasteiger partial charge in [-0.25, -0.2) is 0 Å². The highest BCUT2D eigenvalue weighted by atomic mass is 16.5. The molecule has 0 N–H and O–H groups in total. The third kappa shape index (κ3) is 4.08. The first-order chi connectivity index (χ1) is 15.1. The minimum Gasteiger partial charge on any atom is -0.497 e. The maximum atomic E-state index is 13.5. The van der Waals surface area contributed by atoms with Crippen LogP contribution in [0.4, 0.5) is 5.69 Å². The van der Waals surface area contributed by atoms with Crippen LogP contribution in [0, 0.1) is 0 Å². The first kappa shape index (κ1) is 20.4. The molecule has 0 atom stereocenters. The molecule has 5 heteroatoms. The summed E-state index contributed by atoms with van der Waals surface area (Å²) in [6.45, 7) is 0. The predicted molar refractivity (Wildman–Crippen MR) is 120 cm³/mol. The minimum absolute atomic E-state index is 0.0770. The Kier molecular flexibility index (Phi) is 5.85. The van der Waals surface area contributed by atoms with Gasteiger partial charge in [-0.15, -0.1) is 0 Å². The molecule has 0 saturated heterocycles. The van der Waals surface area contributed by atoms with Crippen LogP contribution >= 0.6 is 0 Å². The summed E-state index contributed by atoms with van der Waals surface area (Å²) in [7, 11) is 3.13. The third-order valence-corrected chi connectivity index (χ3v) is 5.30. The van der Waals surface area contributed by atoms with Crippen molar-refractivity contribution in [3.63, 3.8) is 0 Å². The molecule has 0 saturated carbocycles. The molecule has 31 heavy (non-hydrogen) atoms. The average Bonchev–Trinajstić information content (AvgIpc) is 2.84. The number of ketones is 1. The van der Waals surface area contributed by atoms with Crippen LogP contribution in [0.15, 0.2) is 84.4 Å². The van der Waals surface area contributed by atoms with E-state index in [0.29, 0.717) is 40.4 Å². The highest BCUT2D eigenvalue weighted by Crippen LogP contribution is 2.39. The monoisotopic (exact) mass is 413 g/mol. The van der Waals surface area contributed by atoms with Crippen LogP contribution in [-0.4, -0.2) is 25.9 Å². The Labute approximate surface area is 181 Å². The molecule has 3 aromatic carbocycles. The van der Waals surface area contributed by atoms with E-state index in [1.807, 2.05) is 48.5 Å². The number of anilines is 1. The molecule has 0 fully saturated rings. The lowest BCUT2D eigenvalue weighted by Gasteiger charge is -2.32. The third-order valence-electron chi connectivity index (χ3n) is 5.30. The zero-order valence-corrected chi connectivity index (χ0v) is 17.5. The zero-order chi connectivity index (χ0) is 21.8. The average molecular weight is 413 g/mol. The molecule has 0 bridgehead atoms. The number of benzene rings is 3. The van der Waals surface area contributed by atoms with Crippen molar-refractivity contribution in [3.05, 3.63) is 95.6 Å². The van der Waals surface area contributed by atoms with Crippen molar-refractivity contribution in [1.29, 1.82) is 0 Å². The number of allylic oxidation sites excluding steroid dienone is 1. The van der Waals surface area contributed by atoms with Crippen molar-refractivity contribution < 1.29 is 19.1 Å². The molecule has 3 aromatic rings. The maximum Gasteiger partial charge on any atom is 0.231 e. The van der Waals surface area contributed by atoms with Gasteiger partial charge in [-0.1, -0.05) is 60.7 Å². The number of rotatable bonds is 6.